The van der Waals surface area contributed by atoms with Crippen LogP contribution in [0.5, 0.6) is 0 Å². The average molecular weight is 455 g/mol. The quantitative estimate of drug-likeness (QED) is 0.617. The van der Waals surface area contributed by atoms with Gasteiger partial charge in [-0.15, -0.1) is 0 Å². The first-order valence-corrected chi connectivity index (χ1v) is 13.1. The molecule has 1 N–H and O–H groups in total. The van der Waals surface area contributed by atoms with Gasteiger partial charge in [-0.05, 0) is 56.7 Å². The molecule has 10 heteroatoms. The first kappa shape index (κ1) is 21.7. The lowest BCUT2D eigenvalue weighted by atomic mass is 10.1. The molecule has 0 radical (unpaired) electrons. The zero-order valence-electron chi connectivity index (χ0n) is 16.4. The lowest BCUT2D eigenvalue weighted by Gasteiger charge is -2.15. The lowest BCUT2D eigenvalue weighted by molar-refractivity contribution is 0.566. The molecule has 0 bridgehead atoms. The highest BCUT2D eigenvalue weighted by molar-refractivity contribution is 7.90. The van der Waals surface area contributed by atoms with Crippen LogP contribution in [-0.4, -0.2) is 27.7 Å². The van der Waals surface area contributed by atoms with Crippen molar-refractivity contribution in [1.29, 1.82) is 0 Å². The van der Waals surface area contributed by atoms with Crippen molar-refractivity contribution in [1.82, 2.24) is 9.29 Å². The van der Waals surface area contributed by atoms with Crippen molar-refractivity contribution in [3.05, 3.63) is 57.7 Å². The number of thiazole rings is 1. The number of nitrogens with one attached hydrogen (secondary N) is 1. The van der Waals surface area contributed by atoms with E-state index < -0.39 is 25.9 Å². The maximum Gasteiger partial charge on any atom is 0.308 e. The van der Waals surface area contributed by atoms with E-state index in [2.05, 4.69) is 4.72 Å². The predicted molar refractivity (Wildman–Crippen MR) is 115 cm³/mol. The van der Waals surface area contributed by atoms with Crippen LogP contribution in [0.1, 0.15) is 38.4 Å². The van der Waals surface area contributed by atoms with E-state index >= 15 is 0 Å². The van der Waals surface area contributed by atoms with E-state index in [0.717, 1.165) is 17.6 Å². The topological polar surface area (TPSA) is 102 Å². The molecule has 1 heterocycles. The van der Waals surface area contributed by atoms with Gasteiger partial charge >= 0.3 is 4.87 Å². The van der Waals surface area contributed by atoms with Gasteiger partial charge in [0.05, 0.1) is 20.0 Å². The summed E-state index contributed by atoms with van der Waals surface area (Å²) in [6, 6.07) is 10.1. The summed E-state index contributed by atoms with van der Waals surface area (Å²) < 4.78 is 53.6. The summed E-state index contributed by atoms with van der Waals surface area (Å²) in [5.41, 5.74) is 1.34. The third-order valence-electron chi connectivity index (χ3n) is 4.55. The van der Waals surface area contributed by atoms with Gasteiger partial charge in [-0.25, -0.2) is 21.6 Å². The molecule has 0 saturated carbocycles. The molecule has 2 aromatic carbocycles. The molecular weight excluding hydrogens is 432 g/mol. The molecule has 3 aromatic rings. The van der Waals surface area contributed by atoms with Crippen molar-refractivity contribution in [3.63, 3.8) is 0 Å². The minimum Gasteiger partial charge on any atom is -0.296 e. The molecule has 156 valence electrons. The molecule has 0 aliphatic carbocycles. The van der Waals surface area contributed by atoms with Crippen LogP contribution in [0.3, 0.4) is 0 Å². The Morgan fingerprint density at radius 1 is 0.931 bits per heavy atom. The maximum absolute atomic E-state index is 12.8. The zero-order valence-corrected chi connectivity index (χ0v) is 18.9. The van der Waals surface area contributed by atoms with Gasteiger partial charge in [0, 0.05) is 18.3 Å². The molecule has 29 heavy (non-hydrogen) atoms. The Hall–Kier alpha value is -2.01. The van der Waals surface area contributed by atoms with Gasteiger partial charge in [-0.2, -0.15) is 0 Å². The molecule has 0 saturated heterocycles. The van der Waals surface area contributed by atoms with Crippen LogP contribution in [0.15, 0.2) is 57.1 Å². The van der Waals surface area contributed by atoms with E-state index in [1.54, 1.807) is 29.7 Å². The first-order valence-electron chi connectivity index (χ1n) is 8.87. The minimum atomic E-state index is -3.83. The van der Waals surface area contributed by atoms with E-state index in [1.165, 1.54) is 24.3 Å². The van der Waals surface area contributed by atoms with E-state index in [1.807, 2.05) is 13.8 Å². The Labute approximate surface area is 174 Å². The van der Waals surface area contributed by atoms with Gasteiger partial charge in [0.25, 0.3) is 0 Å². The highest BCUT2D eigenvalue weighted by Gasteiger charge is 2.21. The second-order valence-corrected chi connectivity index (χ2v) is 11.9. The molecular formula is C19H22N2O5S3. The van der Waals surface area contributed by atoms with Crippen LogP contribution < -0.4 is 9.60 Å². The van der Waals surface area contributed by atoms with Crippen LogP contribution in [0.2, 0.25) is 0 Å². The summed E-state index contributed by atoms with van der Waals surface area (Å²) in [6.45, 7) is 5.48. The number of nitrogens with zero attached hydrogens (tertiary/aromatic N) is 1. The SMILES string of the molecule is CC(C)n1c(=O)sc2cc(S(=O)(=O)N[C@H](C)c3ccc(S(C)(=O)=O)cc3)ccc21. The van der Waals surface area contributed by atoms with E-state index in [-0.39, 0.29) is 20.7 Å². The van der Waals surface area contributed by atoms with Gasteiger partial charge < -0.3 is 0 Å². The van der Waals surface area contributed by atoms with Crippen LogP contribution in [-0.2, 0) is 19.9 Å². The van der Waals surface area contributed by atoms with Crippen molar-refractivity contribution in [3.8, 4) is 0 Å². The van der Waals surface area contributed by atoms with Crippen molar-refractivity contribution in [2.75, 3.05) is 6.26 Å². The Kier molecular flexibility index (Phi) is 5.74. The number of sulfone groups is 1. The molecule has 1 atom stereocenters. The Bertz CT molecular complexity index is 1320. The van der Waals surface area contributed by atoms with Gasteiger partial charge in [0.2, 0.25) is 10.0 Å². The number of hydrogen-bond acceptors (Lipinski definition) is 6. The largest absolute Gasteiger partial charge is 0.308 e. The fraction of sp³-hybridized carbons (Fsp3) is 0.316. The number of rotatable bonds is 6. The highest BCUT2D eigenvalue weighted by atomic mass is 32.2. The summed E-state index contributed by atoms with van der Waals surface area (Å²) in [6.07, 6.45) is 1.12. The number of hydrogen-bond donors (Lipinski definition) is 1. The van der Waals surface area contributed by atoms with Crippen molar-refractivity contribution >= 4 is 41.4 Å². The smallest absolute Gasteiger partial charge is 0.296 e. The molecule has 0 amide bonds. The Morgan fingerprint density at radius 2 is 1.52 bits per heavy atom. The second kappa shape index (κ2) is 7.67. The van der Waals surface area contributed by atoms with Crippen LogP contribution >= 0.6 is 11.3 Å². The standard InChI is InChI=1S/C19H22N2O5S3/c1-12(2)21-17-10-9-16(11-18(17)27-19(21)22)29(25,26)20-13(3)14-5-7-15(8-6-14)28(4,23)24/h5-13,20H,1-4H3/t13-/m1/s1. The summed E-state index contributed by atoms with van der Waals surface area (Å²) in [5, 5.41) is 0. The fourth-order valence-corrected chi connectivity index (χ4v) is 6.06. The monoisotopic (exact) mass is 454 g/mol. The number of fused-ring (bicyclic) bond motifs is 1. The number of aromatic nitrogens is 1. The van der Waals surface area contributed by atoms with Crippen LogP contribution in [0.4, 0.5) is 0 Å². The summed E-state index contributed by atoms with van der Waals surface area (Å²) in [7, 11) is -7.15. The number of sulfonamides is 1. The highest BCUT2D eigenvalue weighted by Crippen LogP contribution is 2.25. The third-order valence-corrected chi connectivity index (χ3v) is 8.14. The van der Waals surface area contributed by atoms with Gasteiger partial charge in [0.1, 0.15) is 0 Å². The molecule has 0 unspecified atom stereocenters. The van der Waals surface area contributed by atoms with Crippen molar-refractivity contribution in [2.24, 2.45) is 0 Å². The second-order valence-electron chi connectivity index (χ2n) is 7.15. The fourth-order valence-electron chi connectivity index (χ4n) is 3.05. The lowest BCUT2D eigenvalue weighted by Crippen LogP contribution is -2.26. The van der Waals surface area contributed by atoms with E-state index in [9.17, 15) is 21.6 Å². The molecule has 3 rings (SSSR count). The molecule has 0 fully saturated rings. The zero-order chi connectivity index (χ0) is 21.6. The van der Waals surface area contributed by atoms with Gasteiger partial charge in [-0.3, -0.25) is 9.36 Å². The molecule has 0 aliphatic heterocycles. The van der Waals surface area contributed by atoms with Crippen molar-refractivity contribution < 1.29 is 16.8 Å². The number of benzene rings is 2. The van der Waals surface area contributed by atoms with Crippen LogP contribution in [0, 0.1) is 0 Å². The normalized spacial score (nSPS) is 13.8. The summed E-state index contributed by atoms with van der Waals surface area (Å²) in [4.78, 5) is 12.3. The molecule has 0 spiro atoms. The van der Waals surface area contributed by atoms with Gasteiger partial charge in [-0.1, -0.05) is 23.5 Å². The summed E-state index contributed by atoms with van der Waals surface area (Å²) in [5.74, 6) is 0. The van der Waals surface area contributed by atoms with E-state index in [0.29, 0.717) is 15.8 Å². The molecule has 7 nitrogen and oxygen atoms in total. The Balaban J connectivity index is 1.90. The third kappa shape index (κ3) is 4.45. The van der Waals surface area contributed by atoms with E-state index in [4.69, 9.17) is 0 Å². The van der Waals surface area contributed by atoms with Crippen LogP contribution in [0.25, 0.3) is 10.2 Å². The Morgan fingerprint density at radius 3 is 2.07 bits per heavy atom. The molecule has 1 aromatic heterocycles. The first-order chi connectivity index (χ1) is 13.4. The summed E-state index contributed by atoms with van der Waals surface area (Å²) >= 11 is 1.01. The van der Waals surface area contributed by atoms with Crippen molar-refractivity contribution in [2.45, 2.75) is 42.6 Å². The maximum atomic E-state index is 12.8. The average Bonchev–Trinajstić information content (AvgIpc) is 2.95. The minimum absolute atomic E-state index is 0.0215. The predicted octanol–water partition coefficient (Wildman–Crippen LogP) is 3.09. The van der Waals surface area contributed by atoms with Gasteiger partial charge in [0.15, 0.2) is 9.84 Å². The molecule has 0 aliphatic rings.